The lowest BCUT2D eigenvalue weighted by atomic mass is 9.93. The summed E-state index contributed by atoms with van der Waals surface area (Å²) in [5, 5.41) is 2.80. The van der Waals surface area contributed by atoms with Crippen molar-refractivity contribution in [3.05, 3.63) is 35.0 Å². The molecule has 3 aliphatic rings. The highest BCUT2D eigenvalue weighted by molar-refractivity contribution is 6.13. The Morgan fingerprint density at radius 3 is 2.32 bits per heavy atom. The molecule has 8 nitrogen and oxygen atoms in total. The fourth-order valence-corrected chi connectivity index (χ4v) is 4.51. The summed E-state index contributed by atoms with van der Waals surface area (Å²) in [7, 11) is 2.50. The number of amides is 3. The first kappa shape index (κ1) is 19.5. The third kappa shape index (κ3) is 2.47. The van der Waals surface area contributed by atoms with E-state index < -0.39 is 28.8 Å². The number of pyridine rings is 1. The van der Waals surface area contributed by atoms with Crippen LogP contribution >= 0.6 is 0 Å². The molecule has 0 radical (unpaired) electrons. The maximum Gasteiger partial charge on any atom is 0.329 e. The zero-order valence-corrected chi connectivity index (χ0v) is 17.2. The van der Waals surface area contributed by atoms with E-state index in [-0.39, 0.29) is 30.5 Å². The number of nitrogens with one attached hydrogen (secondary N) is 1. The zero-order valence-electron chi connectivity index (χ0n) is 17.2. The first-order chi connectivity index (χ1) is 14.9. The largest absolute Gasteiger partial charge is 0.493 e. The van der Waals surface area contributed by atoms with Gasteiger partial charge in [0.2, 0.25) is 5.91 Å². The van der Waals surface area contributed by atoms with Crippen LogP contribution in [0.1, 0.15) is 30.9 Å². The fraction of sp³-hybridized carbons (Fsp3) is 0.381. The van der Waals surface area contributed by atoms with Gasteiger partial charge in [-0.3, -0.25) is 14.6 Å². The molecular weight excluding hydrogens is 410 g/mol. The Labute approximate surface area is 176 Å². The highest BCUT2D eigenvalue weighted by Gasteiger charge is 2.59. The molecule has 0 unspecified atom stereocenters. The van der Waals surface area contributed by atoms with Crippen LogP contribution in [-0.4, -0.2) is 37.7 Å². The second kappa shape index (κ2) is 6.53. The number of carbonyl (C=O) groups excluding carboxylic acids is 2. The average molecular weight is 430 g/mol. The topological polar surface area (TPSA) is 84.0 Å². The number of carbonyl (C=O) groups is 2. The Balaban J connectivity index is 1.69. The van der Waals surface area contributed by atoms with Crippen LogP contribution in [0.3, 0.4) is 0 Å². The van der Waals surface area contributed by atoms with Crippen molar-refractivity contribution in [3.63, 3.8) is 0 Å². The Bertz CT molecular complexity index is 1120. The number of nitrogens with zero attached hydrogens (tertiary/aromatic N) is 3. The summed E-state index contributed by atoms with van der Waals surface area (Å²) in [6.45, 7) is 1.90. The van der Waals surface area contributed by atoms with Gasteiger partial charge in [0.1, 0.15) is 11.5 Å². The molecule has 10 heteroatoms. The SMILES string of the molecule is CCN1C(=O)N(c2c(F)c(OC)cc(OC)c2F)Cc2cnc3c(c21)C1(CC1)C(=O)N3. The van der Waals surface area contributed by atoms with Crippen molar-refractivity contribution in [1.29, 1.82) is 0 Å². The minimum absolute atomic E-state index is 0.112. The summed E-state index contributed by atoms with van der Waals surface area (Å²) in [6, 6.07) is 0.489. The van der Waals surface area contributed by atoms with E-state index >= 15 is 8.78 Å². The van der Waals surface area contributed by atoms with Gasteiger partial charge in [0, 0.05) is 29.9 Å². The highest BCUT2D eigenvalue weighted by atomic mass is 19.1. The van der Waals surface area contributed by atoms with Gasteiger partial charge < -0.3 is 14.8 Å². The monoisotopic (exact) mass is 430 g/mol. The van der Waals surface area contributed by atoms with Crippen LogP contribution in [0.5, 0.6) is 11.5 Å². The minimum atomic E-state index is -1.00. The van der Waals surface area contributed by atoms with E-state index in [1.807, 2.05) is 0 Å². The Morgan fingerprint density at radius 2 is 1.77 bits per heavy atom. The molecule has 31 heavy (non-hydrogen) atoms. The smallest absolute Gasteiger partial charge is 0.329 e. The molecule has 1 aliphatic carbocycles. The van der Waals surface area contributed by atoms with E-state index in [2.05, 4.69) is 10.3 Å². The maximum atomic E-state index is 15.1. The molecule has 1 saturated carbocycles. The van der Waals surface area contributed by atoms with E-state index in [1.165, 1.54) is 25.3 Å². The van der Waals surface area contributed by atoms with Gasteiger partial charge in [0.05, 0.1) is 31.9 Å². The van der Waals surface area contributed by atoms with Crippen molar-refractivity contribution in [1.82, 2.24) is 4.98 Å². The van der Waals surface area contributed by atoms with Gasteiger partial charge in [-0.25, -0.2) is 18.6 Å². The third-order valence-electron chi connectivity index (χ3n) is 6.22. The quantitative estimate of drug-likeness (QED) is 0.805. The standard InChI is InChI=1S/C21H20F2N4O4/c1-4-26-16-10(8-24-18-13(16)21(5-6-21)19(28)25-18)9-27(20(26)29)17-14(22)11(30-2)7-12(31-3)15(17)23/h7-8H,4-6,9H2,1-3H3,(H,24,25,28). The lowest BCUT2D eigenvalue weighted by molar-refractivity contribution is -0.117. The summed E-state index contributed by atoms with van der Waals surface area (Å²) < 4.78 is 40.2. The van der Waals surface area contributed by atoms with Gasteiger partial charge in [0.15, 0.2) is 23.1 Å². The van der Waals surface area contributed by atoms with Gasteiger partial charge >= 0.3 is 6.03 Å². The molecule has 162 valence electrons. The molecule has 1 aromatic heterocycles. The molecule has 5 rings (SSSR count). The summed E-state index contributed by atoms with van der Waals surface area (Å²) >= 11 is 0. The van der Waals surface area contributed by atoms with Crippen molar-refractivity contribution < 1.29 is 27.8 Å². The normalized spacial score (nSPS) is 18.1. The fourth-order valence-electron chi connectivity index (χ4n) is 4.51. The molecular formula is C21H20F2N4O4. The number of benzene rings is 1. The van der Waals surface area contributed by atoms with Crippen molar-refractivity contribution in [2.24, 2.45) is 0 Å². The minimum Gasteiger partial charge on any atom is -0.493 e. The number of fused-ring (bicyclic) bond motifs is 4. The lowest BCUT2D eigenvalue weighted by Gasteiger charge is -2.38. The van der Waals surface area contributed by atoms with Gasteiger partial charge in [0.25, 0.3) is 0 Å². The highest BCUT2D eigenvalue weighted by Crippen LogP contribution is 2.59. The van der Waals surface area contributed by atoms with E-state index in [0.717, 1.165) is 11.0 Å². The molecule has 1 fully saturated rings. The van der Waals surface area contributed by atoms with Gasteiger partial charge in [-0.1, -0.05) is 0 Å². The Morgan fingerprint density at radius 1 is 1.13 bits per heavy atom. The molecule has 1 N–H and O–H groups in total. The first-order valence-corrected chi connectivity index (χ1v) is 9.90. The van der Waals surface area contributed by atoms with E-state index in [9.17, 15) is 9.59 Å². The molecule has 3 amide bonds. The van der Waals surface area contributed by atoms with Crippen LogP contribution < -0.4 is 24.6 Å². The number of urea groups is 1. The number of aromatic nitrogens is 1. The molecule has 0 atom stereocenters. The summed E-state index contributed by atoms with van der Waals surface area (Å²) in [6.07, 6.45) is 2.89. The third-order valence-corrected chi connectivity index (χ3v) is 6.22. The van der Waals surface area contributed by atoms with Crippen LogP contribution in [0.25, 0.3) is 0 Å². The Kier molecular flexibility index (Phi) is 4.11. The van der Waals surface area contributed by atoms with Gasteiger partial charge in [-0.2, -0.15) is 0 Å². The average Bonchev–Trinajstić information content (AvgIpc) is 3.51. The number of halogens is 2. The van der Waals surface area contributed by atoms with Crippen molar-refractivity contribution in [2.75, 3.05) is 35.9 Å². The van der Waals surface area contributed by atoms with Crippen molar-refractivity contribution in [2.45, 2.75) is 31.7 Å². The van der Waals surface area contributed by atoms with Gasteiger partial charge in [-0.15, -0.1) is 0 Å². The number of methoxy groups -OCH3 is 2. The zero-order chi connectivity index (χ0) is 22.1. The van der Waals surface area contributed by atoms with Crippen molar-refractivity contribution in [3.8, 4) is 11.5 Å². The lowest BCUT2D eigenvalue weighted by Crippen LogP contribution is -2.48. The van der Waals surface area contributed by atoms with Crippen molar-refractivity contribution >= 4 is 29.1 Å². The molecule has 2 aliphatic heterocycles. The molecule has 3 heterocycles. The number of rotatable bonds is 4. The first-order valence-electron chi connectivity index (χ1n) is 9.90. The number of anilines is 3. The molecule has 0 saturated heterocycles. The summed E-state index contributed by atoms with van der Waals surface area (Å²) in [5.41, 5.74) is 0.679. The second-order valence-electron chi connectivity index (χ2n) is 7.76. The maximum absolute atomic E-state index is 15.1. The summed E-state index contributed by atoms with van der Waals surface area (Å²) in [4.78, 5) is 32.8. The van der Waals surface area contributed by atoms with Crippen LogP contribution in [0.15, 0.2) is 12.3 Å². The summed E-state index contributed by atoms with van der Waals surface area (Å²) in [5.74, 6) is -2.16. The number of hydrogen-bond donors (Lipinski definition) is 1. The van der Waals surface area contributed by atoms with E-state index in [1.54, 1.807) is 6.92 Å². The number of ether oxygens (including phenoxy) is 2. The van der Waals surface area contributed by atoms with Crippen LogP contribution in [0.2, 0.25) is 0 Å². The molecule has 1 spiro atoms. The Hall–Kier alpha value is -3.43. The molecule has 1 aromatic carbocycles. The second-order valence-corrected chi connectivity index (χ2v) is 7.76. The van der Waals surface area contributed by atoms with Gasteiger partial charge in [-0.05, 0) is 19.8 Å². The molecule has 2 aromatic rings. The predicted octanol–water partition coefficient (Wildman–Crippen LogP) is 3.33. The van der Waals surface area contributed by atoms with Crippen LogP contribution in [-0.2, 0) is 16.8 Å². The van der Waals surface area contributed by atoms with E-state index in [0.29, 0.717) is 35.5 Å². The molecule has 0 bridgehead atoms. The number of hydrogen-bond acceptors (Lipinski definition) is 5. The predicted molar refractivity (Wildman–Crippen MR) is 108 cm³/mol. The van der Waals surface area contributed by atoms with E-state index in [4.69, 9.17) is 9.47 Å². The van der Waals surface area contributed by atoms with Crippen LogP contribution in [0, 0.1) is 11.6 Å². The van der Waals surface area contributed by atoms with Crippen LogP contribution in [0.4, 0.5) is 30.8 Å².